The highest BCUT2D eigenvalue weighted by atomic mass is 35.5. The van der Waals surface area contributed by atoms with Gasteiger partial charge in [0.25, 0.3) is 0 Å². The number of hydrogen-bond acceptors (Lipinski definition) is 11. The van der Waals surface area contributed by atoms with Gasteiger partial charge in [-0.2, -0.15) is 0 Å². The second kappa shape index (κ2) is 11.3. The lowest BCUT2D eigenvalue weighted by Crippen LogP contribution is -2.43. The Kier molecular flexibility index (Phi) is 7.89. The second-order valence-corrected chi connectivity index (χ2v) is 16.6. The summed E-state index contributed by atoms with van der Waals surface area (Å²) in [6.07, 6.45) is -0.285. The first-order chi connectivity index (χ1) is 20.5. The van der Waals surface area contributed by atoms with E-state index in [1.165, 1.54) is 6.33 Å². The van der Waals surface area contributed by atoms with Crippen molar-refractivity contribution in [1.29, 1.82) is 0 Å². The van der Waals surface area contributed by atoms with Crippen LogP contribution in [0, 0.1) is 11.8 Å². The Morgan fingerprint density at radius 3 is 2.65 bits per heavy atom. The SMILES string of the molecule is Nc1ncnc2c1ncn2[C@@H]1C[C@@H]2COP(O)(=S)O[C@H]3[C@H](F)[C@H](n4ccc5c(Cl)cccc54)O[C@@H]3COP(O)(=S)OC[C@H]21. The van der Waals surface area contributed by atoms with Crippen molar-refractivity contribution in [3.63, 3.8) is 0 Å². The lowest BCUT2D eigenvalue weighted by Gasteiger charge is -2.45. The summed E-state index contributed by atoms with van der Waals surface area (Å²) in [5.74, 6) is -0.192. The van der Waals surface area contributed by atoms with E-state index in [1.807, 2.05) is 4.57 Å². The maximum Gasteiger partial charge on any atom is 0.324 e. The minimum absolute atomic E-state index is 0.00129. The molecule has 1 saturated carbocycles. The molecule has 2 saturated heterocycles. The van der Waals surface area contributed by atoms with Crippen LogP contribution in [0.2, 0.25) is 5.02 Å². The third-order valence-corrected chi connectivity index (χ3v) is 11.7. The lowest BCUT2D eigenvalue weighted by molar-refractivity contribution is -0.0423. The van der Waals surface area contributed by atoms with Gasteiger partial charge in [-0.3, -0.25) is 4.52 Å². The number of ether oxygens (including phenoxy) is 1. The van der Waals surface area contributed by atoms with Crippen LogP contribution in [0.15, 0.2) is 43.1 Å². The van der Waals surface area contributed by atoms with Gasteiger partial charge in [0.15, 0.2) is 23.9 Å². The second-order valence-electron chi connectivity index (χ2n) is 10.6. The molecule has 3 aliphatic rings. The van der Waals surface area contributed by atoms with Crippen LogP contribution in [-0.2, 0) is 46.4 Å². The quantitative estimate of drug-likeness (QED) is 0.259. The summed E-state index contributed by atoms with van der Waals surface area (Å²) in [5, 5.41) is 1.21. The van der Waals surface area contributed by atoms with Crippen molar-refractivity contribution in [2.45, 2.75) is 37.1 Å². The molecule has 2 aliphatic heterocycles. The third-order valence-electron chi connectivity index (χ3n) is 8.18. The zero-order valence-corrected chi connectivity index (χ0v) is 26.3. The third kappa shape index (κ3) is 5.56. The number of anilines is 1. The van der Waals surface area contributed by atoms with Crippen LogP contribution in [0.4, 0.5) is 10.2 Å². The molecule has 0 radical (unpaired) electrons. The number of nitrogen functional groups attached to an aromatic ring is 1. The van der Waals surface area contributed by atoms with E-state index in [1.54, 1.807) is 41.4 Å². The first-order valence-electron chi connectivity index (χ1n) is 13.3. The Balaban J connectivity index is 1.14. The molecule has 2 unspecified atom stereocenters. The number of nitrogens with zero attached hydrogens (tertiary/aromatic N) is 5. The topological polar surface area (TPSA) is 161 Å². The van der Waals surface area contributed by atoms with Crippen LogP contribution in [-0.4, -0.2) is 72.1 Å². The van der Waals surface area contributed by atoms with E-state index in [2.05, 4.69) is 15.0 Å². The molecule has 9 atom stereocenters. The number of halogens is 2. The Labute approximate surface area is 259 Å². The first kappa shape index (κ1) is 30.0. The minimum Gasteiger partial charge on any atom is -0.382 e. The van der Waals surface area contributed by atoms with E-state index in [4.69, 9.17) is 63.8 Å². The van der Waals surface area contributed by atoms with E-state index in [0.29, 0.717) is 33.5 Å². The van der Waals surface area contributed by atoms with E-state index in [0.717, 1.165) is 0 Å². The molecule has 0 spiro atoms. The first-order valence-corrected chi connectivity index (χ1v) is 18.8. The standard InChI is InChI=1S/C24H26ClFN6O7P2S2/c25-15-2-1-3-16-13(15)4-5-31(16)24-19(26)21-18(38-24)9-37-40(33,42)36-8-14-12(7-35-41(34,43)39-21)6-17(14)32-11-30-20-22(27)28-10-29-23(20)32/h1-5,10-12,14,17-19,21,24H,6-9H2,(H,33,42)(H,34,43)(H2,27,28,29)/t12-,14-,17-,18-,19+,21-,24-,40?,41?/m1/s1. The molecule has 0 bridgehead atoms. The fraction of sp³-hybridized carbons (Fsp3) is 0.458. The summed E-state index contributed by atoms with van der Waals surface area (Å²) < 4.78 is 48.4. The molecule has 1 aliphatic carbocycles. The number of imidazole rings is 1. The molecule has 5 heterocycles. The minimum atomic E-state index is -3.96. The molecule has 19 heteroatoms. The van der Waals surface area contributed by atoms with Gasteiger partial charge in [-0.05, 0) is 54.2 Å². The molecule has 1 aromatic carbocycles. The van der Waals surface area contributed by atoms with Gasteiger partial charge in [-0.1, -0.05) is 17.7 Å². The lowest BCUT2D eigenvalue weighted by atomic mass is 9.70. The predicted molar refractivity (Wildman–Crippen MR) is 162 cm³/mol. The Morgan fingerprint density at radius 2 is 1.81 bits per heavy atom. The number of hydrogen-bond donors (Lipinski definition) is 3. The number of rotatable bonds is 2. The molecule has 0 amide bonds. The normalized spacial score (nSPS) is 37.2. The molecule has 3 aromatic heterocycles. The number of aromatic nitrogens is 5. The van der Waals surface area contributed by atoms with Gasteiger partial charge in [0, 0.05) is 28.6 Å². The van der Waals surface area contributed by atoms with Crippen molar-refractivity contribution in [2.75, 3.05) is 25.6 Å². The number of fused-ring (bicyclic) bond motifs is 4. The number of benzene rings is 1. The highest BCUT2D eigenvalue weighted by Crippen LogP contribution is 2.55. The summed E-state index contributed by atoms with van der Waals surface area (Å²) in [7, 11) is 0. The van der Waals surface area contributed by atoms with E-state index >= 15 is 4.39 Å². The van der Waals surface area contributed by atoms with Crippen LogP contribution < -0.4 is 5.73 Å². The van der Waals surface area contributed by atoms with Crippen molar-refractivity contribution in [1.82, 2.24) is 24.1 Å². The molecular weight excluding hydrogens is 665 g/mol. The van der Waals surface area contributed by atoms with Gasteiger partial charge in [0.1, 0.15) is 24.1 Å². The van der Waals surface area contributed by atoms with Crippen LogP contribution >= 0.6 is 25.0 Å². The van der Waals surface area contributed by atoms with Crippen LogP contribution in [0.5, 0.6) is 0 Å². The van der Waals surface area contributed by atoms with Gasteiger partial charge in [-0.25, -0.2) is 19.3 Å². The predicted octanol–water partition coefficient (Wildman–Crippen LogP) is 4.01. The fourth-order valence-electron chi connectivity index (χ4n) is 5.96. The van der Waals surface area contributed by atoms with Gasteiger partial charge < -0.3 is 43.0 Å². The average molecular weight is 691 g/mol. The van der Waals surface area contributed by atoms with Gasteiger partial charge >= 0.3 is 13.4 Å². The average Bonchev–Trinajstić information content (AvgIpc) is 3.64. The summed E-state index contributed by atoms with van der Waals surface area (Å²) in [4.78, 5) is 34.6. The van der Waals surface area contributed by atoms with Crippen molar-refractivity contribution in [3.8, 4) is 0 Å². The zero-order valence-electron chi connectivity index (χ0n) is 22.1. The highest BCUT2D eigenvalue weighted by Gasteiger charge is 2.51. The molecule has 43 heavy (non-hydrogen) atoms. The fourth-order valence-corrected chi connectivity index (χ4v) is 8.81. The Bertz CT molecular complexity index is 1800. The van der Waals surface area contributed by atoms with Crippen LogP contribution in [0.3, 0.4) is 0 Å². The van der Waals surface area contributed by atoms with E-state index in [-0.39, 0.29) is 43.5 Å². The largest absolute Gasteiger partial charge is 0.382 e. The summed E-state index contributed by atoms with van der Waals surface area (Å²) in [6, 6.07) is 6.83. The van der Waals surface area contributed by atoms with Gasteiger partial charge in [0.2, 0.25) is 0 Å². The number of nitrogens with two attached hydrogens (primary N) is 1. The number of alkyl halides is 1. The van der Waals surface area contributed by atoms with Crippen molar-refractivity contribution >= 4 is 76.5 Å². The van der Waals surface area contributed by atoms with E-state index in [9.17, 15) is 9.79 Å². The molecule has 3 fully saturated rings. The molecule has 4 aromatic rings. The summed E-state index contributed by atoms with van der Waals surface area (Å²) >= 11 is 16.9. The van der Waals surface area contributed by atoms with Gasteiger partial charge in [-0.15, -0.1) is 0 Å². The zero-order chi connectivity index (χ0) is 30.1. The Morgan fingerprint density at radius 1 is 1.02 bits per heavy atom. The maximum absolute atomic E-state index is 16.1. The molecule has 4 N–H and O–H groups in total. The monoisotopic (exact) mass is 690 g/mol. The molecule has 13 nitrogen and oxygen atoms in total. The summed E-state index contributed by atoms with van der Waals surface area (Å²) in [6.45, 7) is -8.15. The van der Waals surface area contributed by atoms with E-state index < -0.39 is 38.0 Å². The maximum atomic E-state index is 16.1. The van der Waals surface area contributed by atoms with Crippen molar-refractivity contribution in [2.24, 2.45) is 11.8 Å². The summed E-state index contributed by atoms with van der Waals surface area (Å²) in [5.41, 5.74) is 7.59. The molecular formula is C24H26ClFN6O7P2S2. The highest BCUT2D eigenvalue weighted by molar-refractivity contribution is 8.07. The van der Waals surface area contributed by atoms with Crippen molar-refractivity contribution < 1.29 is 37.0 Å². The Hall–Kier alpha value is -1.65. The van der Waals surface area contributed by atoms with Crippen LogP contribution in [0.1, 0.15) is 18.7 Å². The van der Waals surface area contributed by atoms with Crippen molar-refractivity contribution in [3.05, 3.63) is 48.1 Å². The van der Waals surface area contributed by atoms with Gasteiger partial charge in [0.05, 0.1) is 31.7 Å². The molecule has 230 valence electrons. The molecule has 7 rings (SSSR count). The smallest absolute Gasteiger partial charge is 0.324 e. The van der Waals surface area contributed by atoms with Crippen LogP contribution in [0.25, 0.3) is 22.1 Å².